The fourth-order valence-corrected chi connectivity index (χ4v) is 1.56. The van der Waals surface area contributed by atoms with Crippen molar-refractivity contribution in [2.45, 2.75) is 0 Å². The van der Waals surface area contributed by atoms with Crippen LogP contribution in [0, 0.1) is 10.1 Å². The van der Waals surface area contributed by atoms with Gasteiger partial charge in [0.15, 0.2) is 0 Å². The topological polar surface area (TPSA) is 65.3 Å². The Morgan fingerprint density at radius 2 is 2.18 bits per heavy atom. The molecule has 0 saturated heterocycles. The maximum Gasteiger partial charge on any atom is 0.270 e. The Bertz CT molecular complexity index is 555. The number of ether oxygens (including phenoxy) is 1. The molecule has 0 radical (unpaired) electrons. The lowest BCUT2D eigenvalue weighted by Gasteiger charge is -2.07. The van der Waals surface area contributed by atoms with Crippen LogP contribution in [0.4, 0.5) is 5.69 Å². The van der Waals surface area contributed by atoms with Crippen molar-refractivity contribution in [1.82, 2.24) is 4.98 Å². The number of methoxy groups -OCH3 is 1. The maximum absolute atomic E-state index is 10.7. The third-order valence-corrected chi connectivity index (χ3v) is 2.37. The number of nitro groups is 1. The van der Waals surface area contributed by atoms with Crippen LogP contribution < -0.4 is 4.74 Å². The molecule has 0 unspecified atom stereocenters. The molecular formula is C12H10N2O3. The molecule has 17 heavy (non-hydrogen) atoms. The van der Waals surface area contributed by atoms with Gasteiger partial charge in [-0.2, -0.15) is 0 Å². The van der Waals surface area contributed by atoms with Crippen LogP contribution in [-0.2, 0) is 0 Å². The maximum atomic E-state index is 10.7. The van der Waals surface area contributed by atoms with E-state index in [9.17, 15) is 10.1 Å². The standard InChI is InChI=1S/C12H10N2O3/c1-17-12-5-6-13-8-11(12)9-3-2-4-10(7-9)14(15)16/h2-8H,1H3. The molecule has 0 aliphatic heterocycles. The van der Waals surface area contributed by atoms with Crippen molar-refractivity contribution in [3.05, 3.63) is 52.8 Å². The minimum atomic E-state index is -0.424. The van der Waals surface area contributed by atoms with Gasteiger partial charge in [-0.25, -0.2) is 0 Å². The normalized spacial score (nSPS) is 9.94. The number of aromatic nitrogens is 1. The Hall–Kier alpha value is -2.43. The van der Waals surface area contributed by atoms with E-state index in [0.717, 1.165) is 5.56 Å². The summed E-state index contributed by atoms with van der Waals surface area (Å²) in [6.45, 7) is 0. The summed E-state index contributed by atoms with van der Waals surface area (Å²) < 4.78 is 5.19. The fourth-order valence-electron chi connectivity index (χ4n) is 1.56. The van der Waals surface area contributed by atoms with Gasteiger partial charge in [0.25, 0.3) is 5.69 Å². The van der Waals surface area contributed by atoms with Gasteiger partial charge >= 0.3 is 0 Å². The Labute approximate surface area is 97.8 Å². The van der Waals surface area contributed by atoms with E-state index in [0.29, 0.717) is 11.3 Å². The molecule has 2 aromatic rings. The van der Waals surface area contributed by atoms with Crippen molar-refractivity contribution in [3.63, 3.8) is 0 Å². The fraction of sp³-hybridized carbons (Fsp3) is 0.0833. The SMILES string of the molecule is COc1ccncc1-c1cccc([N+](=O)[O-])c1. The zero-order valence-corrected chi connectivity index (χ0v) is 9.16. The minimum absolute atomic E-state index is 0.0495. The van der Waals surface area contributed by atoms with Crippen LogP contribution in [-0.4, -0.2) is 17.0 Å². The molecule has 0 fully saturated rings. The first-order valence-electron chi connectivity index (χ1n) is 4.95. The van der Waals surface area contributed by atoms with Crippen molar-refractivity contribution in [2.75, 3.05) is 7.11 Å². The van der Waals surface area contributed by atoms with Crippen LogP contribution >= 0.6 is 0 Å². The van der Waals surface area contributed by atoms with Crippen molar-refractivity contribution >= 4 is 5.69 Å². The van der Waals surface area contributed by atoms with Crippen molar-refractivity contribution in [1.29, 1.82) is 0 Å². The average molecular weight is 230 g/mol. The first-order chi connectivity index (χ1) is 8.22. The molecule has 2 rings (SSSR count). The monoisotopic (exact) mass is 230 g/mol. The Morgan fingerprint density at radius 3 is 2.88 bits per heavy atom. The number of rotatable bonds is 3. The number of nitrogens with zero attached hydrogens (tertiary/aromatic N) is 2. The van der Waals surface area contributed by atoms with Crippen molar-refractivity contribution in [2.24, 2.45) is 0 Å². The lowest BCUT2D eigenvalue weighted by atomic mass is 10.1. The summed E-state index contributed by atoms with van der Waals surface area (Å²) in [5, 5.41) is 10.7. The summed E-state index contributed by atoms with van der Waals surface area (Å²) in [5.74, 6) is 0.639. The van der Waals surface area contributed by atoms with Gasteiger partial charge in [0.05, 0.1) is 12.0 Å². The molecule has 0 amide bonds. The van der Waals surface area contributed by atoms with Crippen LogP contribution in [0.25, 0.3) is 11.1 Å². The molecule has 1 aromatic carbocycles. The summed E-state index contributed by atoms with van der Waals surface area (Å²) in [6, 6.07) is 8.09. The number of non-ortho nitro benzene ring substituents is 1. The molecule has 1 heterocycles. The second kappa shape index (κ2) is 4.61. The van der Waals surface area contributed by atoms with Crippen LogP contribution in [0.2, 0.25) is 0 Å². The minimum Gasteiger partial charge on any atom is -0.496 e. The highest BCUT2D eigenvalue weighted by molar-refractivity contribution is 5.71. The summed E-state index contributed by atoms with van der Waals surface area (Å²) in [4.78, 5) is 14.3. The van der Waals surface area contributed by atoms with Crippen LogP contribution in [0.3, 0.4) is 0 Å². The van der Waals surface area contributed by atoms with Gasteiger partial charge in [-0.15, -0.1) is 0 Å². The molecule has 86 valence electrons. The third kappa shape index (κ3) is 2.23. The zero-order chi connectivity index (χ0) is 12.3. The molecule has 0 N–H and O–H groups in total. The Kier molecular flexibility index (Phi) is 3.00. The van der Waals surface area contributed by atoms with E-state index >= 15 is 0 Å². The van der Waals surface area contributed by atoms with Gasteiger partial charge in [0, 0.05) is 30.1 Å². The van der Waals surface area contributed by atoms with E-state index in [1.807, 2.05) is 0 Å². The summed E-state index contributed by atoms with van der Waals surface area (Å²) in [7, 11) is 1.55. The molecule has 0 spiro atoms. The third-order valence-electron chi connectivity index (χ3n) is 2.37. The zero-order valence-electron chi connectivity index (χ0n) is 9.16. The molecule has 5 nitrogen and oxygen atoms in total. The molecule has 0 bridgehead atoms. The van der Waals surface area contributed by atoms with Crippen LogP contribution in [0.15, 0.2) is 42.7 Å². The van der Waals surface area contributed by atoms with Crippen molar-refractivity contribution in [3.8, 4) is 16.9 Å². The second-order valence-electron chi connectivity index (χ2n) is 3.38. The highest BCUT2D eigenvalue weighted by Gasteiger charge is 2.10. The molecule has 5 heteroatoms. The van der Waals surface area contributed by atoms with E-state index in [1.165, 1.54) is 12.1 Å². The quantitative estimate of drug-likeness (QED) is 0.600. The molecule has 0 atom stereocenters. The van der Waals surface area contributed by atoms with Crippen LogP contribution in [0.5, 0.6) is 5.75 Å². The molecular weight excluding hydrogens is 220 g/mol. The first kappa shape index (κ1) is 11.1. The summed E-state index contributed by atoms with van der Waals surface area (Å²) >= 11 is 0. The molecule has 0 aliphatic rings. The predicted octanol–water partition coefficient (Wildman–Crippen LogP) is 2.67. The van der Waals surface area contributed by atoms with Gasteiger partial charge in [-0.1, -0.05) is 12.1 Å². The van der Waals surface area contributed by atoms with E-state index < -0.39 is 4.92 Å². The van der Waals surface area contributed by atoms with E-state index in [1.54, 1.807) is 37.7 Å². The van der Waals surface area contributed by atoms with E-state index in [-0.39, 0.29) is 5.69 Å². The molecule has 1 aromatic heterocycles. The largest absolute Gasteiger partial charge is 0.496 e. The summed E-state index contributed by atoms with van der Waals surface area (Å²) in [6.07, 6.45) is 3.23. The van der Waals surface area contributed by atoms with Crippen LogP contribution in [0.1, 0.15) is 0 Å². The first-order valence-corrected chi connectivity index (χ1v) is 4.95. The number of hydrogen-bond acceptors (Lipinski definition) is 4. The van der Waals surface area contributed by atoms with Crippen molar-refractivity contribution < 1.29 is 9.66 Å². The highest BCUT2D eigenvalue weighted by Crippen LogP contribution is 2.30. The Morgan fingerprint density at radius 1 is 1.35 bits per heavy atom. The van der Waals surface area contributed by atoms with Gasteiger partial charge in [-0.05, 0) is 11.6 Å². The van der Waals surface area contributed by atoms with Gasteiger partial charge < -0.3 is 4.74 Å². The van der Waals surface area contributed by atoms with Gasteiger partial charge in [-0.3, -0.25) is 15.1 Å². The molecule has 0 aliphatic carbocycles. The smallest absolute Gasteiger partial charge is 0.270 e. The highest BCUT2D eigenvalue weighted by atomic mass is 16.6. The average Bonchev–Trinajstić information content (AvgIpc) is 2.39. The van der Waals surface area contributed by atoms with Gasteiger partial charge in [0.2, 0.25) is 0 Å². The second-order valence-corrected chi connectivity index (χ2v) is 3.38. The lowest BCUT2D eigenvalue weighted by molar-refractivity contribution is -0.384. The number of hydrogen-bond donors (Lipinski definition) is 0. The summed E-state index contributed by atoms with van der Waals surface area (Å²) in [5.41, 5.74) is 1.50. The van der Waals surface area contributed by atoms with E-state index in [4.69, 9.17) is 4.74 Å². The number of nitro benzene ring substituents is 1. The number of pyridine rings is 1. The van der Waals surface area contributed by atoms with E-state index in [2.05, 4.69) is 4.98 Å². The Balaban J connectivity index is 2.52. The predicted molar refractivity (Wildman–Crippen MR) is 62.9 cm³/mol. The molecule has 0 saturated carbocycles. The lowest BCUT2D eigenvalue weighted by Crippen LogP contribution is -1.91. The van der Waals surface area contributed by atoms with Gasteiger partial charge in [0.1, 0.15) is 5.75 Å². The number of benzene rings is 1.